The van der Waals surface area contributed by atoms with Crippen LogP contribution >= 0.6 is 24.4 Å². The standard InChI is InChI=1S/C4H9NOS.CH3NOS.K.H/c1-2-3-5-4(6)7;2-1(3)4;;/h2-3H2,1H3,(H2,5,6,7);(H3,2,3,4);;. The summed E-state index contributed by atoms with van der Waals surface area (Å²) in [5.74, 6) is 0. The molecule has 0 aliphatic heterocycles. The molecule has 4 nitrogen and oxygen atoms in total. The second kappa shape index (κ2) is 14.5. The second-order valence-corrected chi connectivity index (χ2v) is 2.38. The molecule has 0 saturated heterocycles. The van der Waals surface area contributed by atoms with Crippen LogP contribution in [0.15, 0.2) is 0 Å². The molecule has 0 aromatic heterocycles. The van der Waals surface area contributed by atoms with E-state index < -0.39 is 5.17 Å². The van der Waals surface area contributed by atoms with Gasteiger partial charge in [0.05, 0.1) is 0 Å². The first-order valence-electron chi connectivity index (χ1n) is 2.95. The van der Waals surface area contributed by atoms with Crippen LogP contribution in [0.1, 0.15) is 13.3 Å². The predicted molar refractivity (Wildman–Crippen MR) is 60.1 cm³/mol. The van der Waals surface area contributed by atoms with E-state index in [1.165, 1.54) is 0 Å². The van der Waals surface area contributed by atoms with E-state index >= 15 is 0 Å². The van der Waals surface area contributed by atoms with Gasteiger partial charge in [0.2, 0.25) is 0 Å². The first kappa shape index (κ1) is 18.7. The Kier molecular flexibility index (Phi) is 22.7. The van der Waals surface area contributed by atoms with Crippen molar-refractivity contribution in [3.63, 3.8) is 0 Å². The molecule has 0 saturated carbocycles. The van der Waals surface area contributed by atoms with E-state index in [0.717, 1.165) is 13.0 Å². The van der Waals surface area contributed by atoms with Gasteiger partial charge in [0.1, 0.15) is 0 Å². The molecule has 0 amide bonds. The molecule has 0 spiro atoms. The van der Waals surface area contributed by atoms with Gasteiger partial charge >= 0.3 is 51.4 Å². The number of hydrogen-bond donors (Lipinski definition) is 4. The molecule has 0 fully saturated rings. The van der Waals surface area contributed by atoms with Crippen molar-refractivity contribution in [3.05, 3.63) is 0 Å². The van der Waals surface area contributed by atoms with E-state index in [1.54, 1.807) is 0 Å². The Labute approximate surface area is 125 Å². The van der Waals surface area contributed by atoms with Crippen LogP contribution in [0.4, 0.5) is 0 Å². The zero-order valence-corrected chi connectivity index (χ0v) is 7.84. The Bertz CT molecular complexity index is 131. The van der Waals surface area contributed by atoms with E-state index in [0.29, 0.717) is 0 Å². The summed E-state index contributed by atoms with van der Waals surface area (Å²) < 4.78 is 0. The van der Waals surface area contributed by atoms with E-state index in [4.69, 9.17) is 10.2 Å². The molecule has 0 rings (SSSR count). The van der Waals surface area contributed by atoms with Crippen LogP contribution in [0.25, 0.3) is 0 Å². The Morgan fingerprint density at radius 3 is 1.83 bits per heavy atom. The van der Waals surface area contributed by atoms with Crippen molar-refractivity contribution < 1.29 is 10.2 Å². The number of thiocarbonyl (C=S) groups is 2. The van der Waals surface area contributed by atoms with Crippen LogP contribution in [-0.4, -0.2) is 78.5 Å². The minimum absolute atomic E-state index is 0. The third kappa shape index (κ3) is 43.9. The number of nitrogens with one attached hydrogen (secondary N) is 1. The Balaban J connectivity index is -0.000000142. The molecule has 0 heterocycles. The maximum absolute atomic E-state index is 8.30. The number of aliphatic hydroxyl groups is 2. The second-order valence-electron chi connectivity index (χ2n) is 1.57. The van der Waals surface area contributed by atoms with Gasteiger partial charge in [0.15, 0.2) is 0 Å². The van der Waals surface area contributed by atoms with Crippen molar-refractivity contribution >= 4 is 86.2 Å². The summed E-state index contributed by atoms with van der Waals surface area (Å²) in [5, 5.41) is 17.8. The number of aliphatic hydroxyl groups excluding tert-OH is 2. The quantitative estimate of drug-likeness (QED) is 0.398. The molecule has 0 aromatic rings. The summed E-state index contributed by atoms with van der Waals surface area (Å²) in [5.41, 5.74) is 4.40. The molecule has 0 bridgehead atoms. The van der Waals surface area contributed by atoms with E-state index in [2.05, 4.69) is 35.5 Å². The van der Waals surface area contributed by atoms with Gasteiger partial charge < -0.3 is 21.3 Å². The van der Waals surface area contributed by atoms with Gasteiger partial charge in [-0.15, -0.1) is 0 Å². The fourth-order valence-electron chi connectivity index (χ4n) is 0.232. The molecule has 0 aromatic carbocycles. The first-order chi connectivity index (χ1) is 5.00. The van der Waals surface area contributed by atoms with Crippen molar-refractivity contribution in [1.29, 1.82) is 0 Å². The fraction of sp³-hybridized carbons (Fsp3) is 0.600. The average Bonchev–Trinajstić information content (AvgIpc) is 1.82. The SMILES string of the molecule is CCCNC(O)=S.NC(O)=S.[KH]. The van der Waals surface area contributed by atoms with Crippen molar-refractivity contribution in [2.45, 2.75) is 13.3 Å². The van der Waals surface area contributed by atoms with Gasteiger partial charge in [-0.05, 0) is 30.9 Å². The third-order valence-corrected chi connectivity index (χ3v) is 0.671. The molecule has 68 valence electrons. The molecule has 12 heavy (non-hydrogen) atoms. The number of hydrogen-bond acceptors (Lipinski definition) is 2. The molecular formula is C5H13KN2O2S2. The van der Waals surface area contributed by atoms with Gasteiger partial charge in [-0.25, -0.2) is 0 Å². The van der Waals surface area contributed by atoms with Crippen LogP contribution < -0.4 is 11.1 Å². The molecular weight excluding hydrogens is 223 g/mol. The van der Waals surface area contributed by atoms with E-state index in [1.807, 2.05) is 6.92 Å². The normalized spacial score (nSPS) is 6.75. The Hall–Kier alpha value is 1.02. The third-order valence-electron chi connectivity index (χ3n) is 0.526. The summed E-state index contributed by atoms with van der Waals surface area (Å²) in [6.45, 7) is 2.76. The van der Waals surface area contributed by atoms with Gasteiger partial charge in [0.25, 0.3) is 10.3 Å². The minimum atomic E-state index is -0.500. The molecule has 0 aliphatic carbocycles. The zero-order valence-electron chi connectivity index (χ0n) is 6.20. The molecule has 0 aliphatic rings. The number of nitrogens with two attached hydrogens (primary N) is 1. The molecule has 0 unspecified atom stereocenters. The van der Waals surface area contributed by atoms with E-state index in [-0.39, 0.29) is 56.6 Å². The van der Waals surface area contributed by atoms with Crippen molar-refractivity contribution in [3.8, 4) is 0 Å². The van der Waals surface area contributed by atoms with Crippen LogP contribution in [0.2, 0.25) is 0 Å². The summed E-state index contributed by atoms with van der Waals surface area (Å²) in [4.78, 5) is 0. The number of rotatable bonds is 2. The van der Waals surface area contributed by atoms with Gasteiger partial charge in [0, 0.05) is 6.54 Å². The van der Waals surface area contributed by atoms with Crippen molar-refractivity contribution in [1.82, 2.24) is 5.32 Å². The van der Waals surface area contributed by atoms with Crippen LogP contribution in [0.5, 0.6) is 0 Å². The summed E-state index contributed by atoms with van der Waals surface area (Å²) in [7, 11) is 0. The first-order valence-corrected chi connectivity index (χ1v) is 3.77. The fourth-order valence-corrected chi connectivity index (χ4v) is 0.334. The summed E-state index contributed by atoms with van der Waals surface area (Å²) in [6.07, 6.45) is 0.987. The summed E-state index contributed by atoms with van der Waals surface area (Å²) >= 11 is 8.18. The zero-order chi connectivity index (χ0) is 9.28. The molecule has 0 radical (unpaired) electrons. The Morgan fingerprint density at radius 1 is 1.42 bits per heavy atom. The van der Waals surface area contributed by atoms with E-state index in [9.17, 15) is 0 Å². The maximum atomic E-state index is 8.30. The van der Waals surface area contributed by atoms with Gasteiger partial charge in [-0.2, -0.15) is 0 Å². The average molecular weight is 236 g/mol. The van der Waals surface area contributed by atoms with Crippen LogP contribution in [-0.2, 0) is 0 Å². The monoisotopic (exact) mass is 236 g/mol. The summed E-state index contributed by atoms with van der Waals surface area (Å²) in [6, 6.07) is 0. The van der Waals surface area contributed by atoms with Crippen LogP contribution in [0, 0.1) is 0 Å². The van der Waals surface area contributed by atoms with Crippen molar-refractivity contribution in [2.75, 3.05) is 6.54 Å². The molecule has 5 N–H and O–H groups in total. The topological polar surface area (TPSA) is 78.5 Å². The molecule has 0 atom stereocenters. The predicted octanol–water partition coefficient (Wildman–Crippen LogP) is -0.0316. The van der Waals surface area contributed by atoms with Crippen LogP contribution in [0.3, 0.4) is 0 Å². The van der Waals surface area contributed by atoms with Crippen molar-refractivity contribution in [2.24, 2.45) is 5.73 Å². The molecule has 7 heteroatoms. The van der Waals surface area contributed by atoms with Gasteiger partial charge in [-0.1, -0.05) is 6.92 Å². The van der Waals surface area contributed by atoms with Gasteiger partial charge in [-0.3, -0.25) is 0 Å². The Morgan fingerprint density at radius 2 is 1.75 bits per heavy atom.